The molecule has 1 rings (SSSR count). The Morgan fingerprint density at radius 1 is 1.40 bits per heavy atom. The van der Waals surface area contributed by atoms with E-state index in [4.69, 9.17) is 5.11 Å². The third-order valence-corrected chi connectivity index (χ3v) is 3.42. The largest absolute Gasteiger partial charge is 0.481 e. The molecule has 1 aromatic rings. The number of carboxylic acid groups (broad SMARTS) is 1. The van der Waals surface area contributed by atoms with Gasteiger partial charge in [0.2, 0.25) is 0 Å². The molecular weight excluding hydrogens is 371 g/mol. The van der Waals surface area contributed by atoms with Gasteiger partial charge in [-0.1, -0.05) is 6.07 Å². The molecule has 0 heterocycles. The maximum Gasteiger partial charge on any atom is 0.322 e. The second-order valence-corrected chi connectivity index (χ2v) is 5.97. The van der Waals surface area contributed by atoms with E-state index in [0.717, 1.165) is 9.26 Å². The number of nitrogens with zero attached hydrogens (tertiary/aromatic N) is 1. The van der Waals surface area contributed by atoms with Crippen LogP contribution in [0.3, 0.4) is 0 Å². The molecule has 0 radical (unpaired) electrons. The first-order chi connectivity index (χ1) is 9.40. The van der Waals surface area contributed by atoms with Crippen molar-refractivity contribution in [2.45, 2.75) is 32.7 Å². The standard InChI is InChI=1S/C14H19IN2O3/c1-10(2)17(8-4-7-13(18)19)14(20)16-12-6-3-5-11(15)9-12/h3,5-6,9-10H,4,7-8H2,1-2H3,(H,16,20)(H,18,19). The molecule has 0 bridgehead atoms. The molecule has 2 N–H and O–H groups in total. The normalized spacial score (nSPS) is 10.4. The molecule has 110 valence electrons. The SMILES string of the molecule is CC(C)N(CCCC(=O)O)C(=O)Nc1cccc(I)c1. The Morgan fingerprint density at radius 3 is 2.65 bits per heavy atom. The summed E-state index contributed by atoms with van der Waals surface area (Å²) in [5, 5.41) is 11.5. The Labute approximate surface area is 132 Å². The molecule has 6 heteroatoms. The Kier molecular flexibility index (Phi) is 6.77. The first kappa shape index (κ1) is 16.7. The number of benzene rings is 1. The fourth-order valence-corrected chi connectivity index (χ4v) is 2.30. The van der Waals surface area contributed by atoms with Gasteiger partial charge in [0.05, 0.1) is 0 Å². The van der Waals surface area contributed by atoms with Gasteiger partial charge >= 0.3 is 12.0 Å². The fourth-order valence-electron chi connectivity index (χ4n) is 1.76. The number of amides is 2. The number of urea groups is 1. The molecule has 0 atom stereocenters. The Bertz CT molecular complexity index is 477. The molecule has 2 amide bonds. The Morgan fingerprint density at radius 2 is 2.10 bits per heavy atom. The number of carboxylic acids is 1. The number of halogens is 1. The molecule has 0 saturated heterocycles. The molecule has 1 aromatic carbocycles. The fraction of sp³-hybridized carbons (Fsp3) is 0.429. The van der Waals surface area contributed by atoms with Crippen molar-refractivity contribution in [1.82, 2.24) is 4.90 Å². The summed E-state index contributed by atoms with van der Waals surface area (Å²) in [6, 6.07) is 7.36. The summed E-state index contributed by atoms with van der Waals surface area (Å²) in [4.78, 5) is 24.4. The summed E-state index contributed by atoms with van der Waals surface area (Å²) in [7, 11) is 0. The van der Waals surface area contributed by atoms with Crippen molar-refractivity contribution < 1.29 is 14.7 Å². The minimum atomic E-state index is -0.841. The van der Waals surface area contributed by atoms with Crippen LogP contribution in [0.2, 0.25) is 0 Å². The lowest BCUT2D eigenvalue weighted by molar-refractivity contribution is -0.137. The van der Waals surface area contributed by atoms with Crippen LogP contribution in [-0.4, -0.2) is 34.6 Å². The highest BCUT2D eigenvalue weighted by molar-refractivity contribution is 14.1. The summed E-state index contributed by atoms with van der Waals surface area (Å²) in [5.41, 5.74) is 0.741. The van der Waals surface area contributed by atoms with Crippen molar-refractivity contribution in [2.24, 2.45) is 0 Å². The second-order valence-electron chi connectivity index (χ2n) is 4.72. The molecule has 0 saturated carbocycles. The van der Waals surface area contributed by atoms with Gasteiger partial charge < -0.3 is 15.3 Å². The minimum Gasteiger partial charge on any atom is -0.481 e. The van der Waals surface area contributed by atoms with Gasteiger partial charge in [-0.2, -0.15) is 0 Å². The van der Waals surface area contributed by atoms with Gasteiger partial charge in [-0.15, -0.1) is 0 Å². The topological polar surface area (TPSA) is 69.6 Å². The number of carbonyl (C=O) groups is 2. The highest BCUT2D eigenvalue weighted by Gasteiger charge is 2.17. The van der Waals surface area contributed by atoms with Crippen LogP contribution in [0.4, 0.5) is 10.5 Å². The second kappa shape index (κ2) is 8.08. The number of rotatable bonds is 6. The highest BCUT2D eigenvalue weighted by atomic mass is 127. The Balaban J connectivity index is 2.62. The number of nitrogens with one attached hydrogen (secondary N) is 1. The number of hydrogen-bond acceptors (Lipinski definition) is 2. The lowest BCUT2D eigenvalue weighted by Crippen LogP contribution is -2.40. The molecule has 20 heavy (non-hydrogen) atoms. The van der Waals surface area contributed by atoms with Crippen LogP contribution in [0.1, 0.15) is 26.7 Å². The first-order valence-electron chi connectivity index (χ1n) is 6.45. The van der Waals surface area contributed by atoms with Gasteiger partial charge in [0.25, 0.3) is 0 Å². The molecule has 0 spiro atoms. The number of aliphatic carboxylic acids is 1. The van der Waals surface area contributed by atoms with Crippen molar-refractivity contribution in [3.8, 4) is 0 Å². The van der Waals surface area contributed by atoms with Gasteiger partial charge in [-0.25, -0.2) is 4.79 Å². The third kappa shape index (κ3) is 5.77. The molecule has 0 aliphatic carbocycles. The van der Waals surface area contributed by atoms with Crippen molar-refractivity contribution in [3.05, 3.63) is 27.8 Å². The predicted molar refractivity (Wildman–Crippen MR) is 86.9 cm³/mol. The van der Waals surface area contributed by atoms with Crippen molar-refractivity contribution in [2.75, 3.05) is 11.9 Å². The van der Waals surface area contributed by atoms with E-state index in [0.29, 0.717) is 13.0 Å². The van der Waals surface area contributed by atoms with Crippen molar-refractivity contribution in [1.29, 1.82) is 0 Å². The zero-order valence-electron chi connectivity index (χ0n) is 11.6. The zero-order chi connectivity index (χ0) is 15.1. The molecular formula is C14H19IN2O3. The smallest absolute Gasteiger partial charge is 0.322 e. The van der Waals surface area contributed by atoms with E-state index in [-0.39, 0.29) is 18.5 Å². The summed E-state index contributed by atoms with van der Waals surface area (Å²) < 4.78 is 1.04. The monoisotopic (exact) mass is 390 g/mol. The number of carbonyl (C=O) groups excluding carboxylic acids is 1. The van der Waals surface area contributed by atoms with E-state index in [9.17, 15) is 9.59 Å². The average Bonchev–Trinajstić information content (AvgIpc) is 2.33. The molecule has 0 unspecified atom stereocenters. The zero-order valence-corrected chi connectivity index (χ0v) is 13.8. The van der Waals surface area contributed by atoms with Crippen LogP contribution in [-0.2, 0) is 4.79 Å². The molecule has 5 nitrogen and oxygen atoms in total. The molecule has 0 fully saturated rings. The summed E-state index contributed by atoms with van der Waals surface area (Å²) >= 11 is 2.18. The van der Waals surface area contributed by atoms with E-state index >= 15 is 0 Å². The van der Waals surface area contributed by atoms with Crippen LogP contribution < -0.4 is 5.32 Å². The van der Waals surface area contributed by atoms with Gasteiger partial charge in [0, 0.05) is 28.3 Å². The Hall–Kier alpha value is -1.31. The quantitative estimate of drug-likeness (QED) is 0.732. The van der Waals surface area contributed by atoms with E-state index in [2.05, 4.69) is 27.9 Å². The minimum absolute atomic E-state index is 0.0200. The van der Waals surface area contributed by atoms with Crippen LogP contribution in [0, 0.1) is 3.57 Å². The van der Waals surface area contributed by atoms with Gasteiger partial charge in [0.1, 0.15) is 0 Å². The van der Waals surface area contributed by atoms with Crippen LogP contribution in [0.15, 0.2) is 24.3 Å². The van der Waals surface area contributed by atoms with Crippen LogP contribution in [0.25, 0.3) is 0 Å². The lowest BCUT2D eigenvalue weighted by atomic mass is 10.2. The maximum atomic E-state index is 12.2. The van der Waals surface area contributed by atoms with Gasteiger partial charge in [-0.3, -0.25) is 4.79 Å². The molecule has 0 aromatic heterocycles. The van der Waals surface area contributed by atoms with Gasteiger partial charge in [0.15, 0.2) is 0 Å². The van der Waals surface area contributed by atoms with Crippen molar-refractivity contribution in [3.63, 3.8) is 0 Å². The number of anilines is 1. The molecule has 0 aliphatic rings. The average molecular weight is 390 g/mol. The van der Waals surface area contributed by atoms with E-state index < -0.39 is 5.97 Å². The summed E-state index contributed by atoms with van der Waals surface area (Å²) in [6.07, 6.45) is 0.521. The highest BCUT2D eigenvalue weighted by Crippen LogP contribution is 2.14. The van der Waals surface area contributed by atoms with Gasteiger partial charge in [-0.05, 0) is 61.1 Å². The molecule has 0 aliphatic heterocycles. The first-order valence-corrected chi connectivity index (χ1v) is 7.53. The predicted octanol–water partition coefficient (Wildman–Crippen LogP) is 3.40. The number of hydrogen-bond donors (Lipinski definition) is 2. The summed E-state index contributed by atoms with van der Waals surface area (Å²) in [5.74, 6) is -0.841. The van der Waals surface area contributed by atoms with Crippen LogP contribution >= 0.6 is 22.6 Å². The van der Waals surface area contributed by atoms with E-state index in [1.165, 1.54) is 0 Å². The third-order valence-electron chi connectivity index (χ3n) is 2.75. The van der Waals surface area contributed by atoms with E-state index in [1.54, 1.807) is 4.90 Å². The lowest BCUT2D eigenvalue weighted by Gasteiger charge is -2.26. The maximum absolute atomic E-state index is 12.2. The van der Waals surface area contributed by atoms with Crippen LogP contribution in [0.5, 0.6) is 0 Å². The van der Waals surface area contributed by atoms with Crippen molar-refractivity contribution >= 4 is 40.3 Å². The summed E-state index contributed by atoms with van der Waals surface area (Å²) in [6.45, 7) is 4.25. The van der Waals surface area contributed by atoms with E-state index in [1.807, 2.05) is 38.1 Å².